The van der Waals surface area contributed by atoms with Gasteiger partial charge in [0.15, 0.2) is 0 Å². The van der Waals surface area contributed by atoms with Crippen molar-refractivity contribution in [2.75, 3.05) is 6.54 Å². The van der Waals surface area contributed by atoms with Crippen LogP contribution in [-0.4, -0.2) is 49.7 Å². The Morgan fingerprint density at radius 3 is 2.70 bits per heavy atom. The van der Waals surface area contributed by atoms with E-state index in [-0.39, 0.29) is 11.7 Å². The van der Waals surface area contributed by atoms with Crippen molar-refractivity contribution in [2.45, 2.75) is 51.5 Å². The molecule has 2 heterocycles. The fourth-order valence-electron chi connectivity index (χ4n) is 2.36. The number of aliphatic carboxylic acids is 1. The minimum atomic E-state index is -0.958. The van der Waals surface area contributed by atoms with Gasteiger partial charge in [0, 0.05) is 12.5 Å². The summed E-state index contributed by atoms with van der Waals surface area (Å²) in [6, 6.07) is -0.772. The second-order valence-electron chi connectivity index (χ2n) is 5.40. The Morgan fingerprint density at radius 2 is 2.10 bits per heavy atom. The number of nitrogens with zero attached hydrogens (tertiary/aromatic N) is 3. The first kappa shape index (κ1) is 14.5. The normalized spacial score (nSPS) is 19.9. The molecule has 1 aliphatic rings. The minimum absolute atomic E-state index is 0.0573. The Kier molecular flexibility index (Phi) is 4.36. The fourth-order valence-corrected chi connectivity index (χ4v) is 2.36. The van der Waals surface area contributed by atoms with Crippen LogP contribution in [0.1, 0.15) is 61.9 Å². The quantitative estimate of drug-likeness (QED) is 0.871. The van der Waals surface area contributed by atoms with E-state index in [0.717, 1.165) is 19.3 Å². The molecular formula is C13H20N4O3. The monoisotopic (exact) mass is 280 g/mol. The van der Waals surface area contributed by atoms with Crippen LogP contribution in [0.4, 0.5) is 0 Å². The lowest BCUT2D eigenvalue weighted by Gasteiger charge is -2.25. The molecule has 1 saturated heterocycles. The van der Waals surface area contributed by atoms with Gasteiger partial charge < -0.3 is 10.0 Å². The van der Waals surface area contributed by atoms with Gasteiger partial charge in [-0.2, -0.15) is 0 Å². The lowest BCUT2D eigenvalue weighted by Crippen LogP contribution is -2.45. The SMILES string of the molecule is CC(C)c1nc(C(=O)N2CCCCCC2C(=O)O)n[nH]1. The van der Waals surface area contributed by atoms with E-state index in [1.165, 1.54) is 4.90 Å². The predicted molar refractivity (Wildman–Crippen MR) is 71.4 cm³/mol. The molecule has 1 fully saturated rings. The maximum Gasteiger partial charge on any atom is 0.326 e. The summed E-state index contributed by atoms with van der Waals surface area (Å²) in [4.78, 5) is 29.3. The second-order valence-corrected chi connectivity index (χ2v) is 5.40. The third-order valence-corrected chi connectivity index (χ3v) is 3.54. The highest BCUT2D eigenvalue weighted by molar-refractivity contribution is 5.93. The van der Waals surface area contributed by atoms with Crippen molar-refractivity contribution in [3.63, 3.8) is 0 Å². The van der Waals surface area contributed by atoms with Gasteiger partial charge in [-0.05, 0) is 12.8 Å². The lowest BCUT2D eigenvalue weighted by atomic mass is 10.1. The molecule has 7 heteroatoms. The van der Waals surface area contributed by atoms with Crippen molar-refractivity contribution in [1.29, 1.82) is 0 Å². The van der Waals surface area contributed by atoms with E-state index in [1.54, 1.807) is 0 Å². The number of hydrogen-bond donors (Lipinski definition) is 2. The number of nitrogens with one attached hydrogen (secondary N) is 1. The number of aromatic amines is 1. The molecule has 7 nitrogen and oxygen atoms in total. The second kappa shape index (κ2) is 6.02. The predicted octanol–water partition coefficient (Wildman–Crippen LogP) is 1.40. The van der Waals surface area contributed by atoms with Gasteiger partial charge in [0.25, 0.3) is 5.91 Å². The minimum Gasteiger partial charge on any atom is -0.480 e. The first-order valence-corrected chi connectivity index (χ1v) is 6.96. The molecule has 2 rings (SSSR count). The highest BCUT2D eigenvalue weighted by Gasteiger charge is 2.33. The molecule has 0 bridgehead atoms. The van der Waals surface area contributed by atoms with Crippen molar-refractivity contribution in [1.82, 2.24) is 20.1 Å². The summed E-state index contributed by atoms with van der Waals surface area (Å²) in [5.41, 5.74) is 0. The van der Waals surface area contributed by atoms with Crippen LogP contribution in [0.5, 0.6) is 0 Å². The number of carboxylic acids is 1. The third-order valence-electron chi connectivity index (χ3n) is 3.54. The average Bonchev–Trinajstić information content (AvgIpc) is 2.76. The van der Waals surface area contributed by atoms with Gasteiger partial charge in [0.2, 0.25) is 5.82 Å². The molecule has 2 N–H and O–H groups in total. The number of rotatable bonds is 3. The number of likely N-dealkylation sites (tertiary alicyclic amines) is 1. The molecule has 1 unspecified atom stereocenters. The Bertz CT molecular complexity index is 498. The Balaban J connectivity index is 2.21. The van der Waals surface area contributed by atoms with E-state index in [4.69, 9.17) is 0 Å². The van der Waals surface area contributed by atoms with Crippen molar-refractivity contribution in [3.8, 4) is 0 Å². The number of carboxylic acid groups (broad SMARTS) is 1. The van der Waals surface area contributed by atoms with Crippen molar-refractivity contribution >= 4 is 11.9 Å². The zero-order valence-electron chi connectivity index (χ0n) is 11.8. The first-order valence-electron chi connectivity index (χ1n) is 6.96. The van der Waals surface area contributed by atoms with Crippen LogP contribution in [0.2, 0.25) is 0 Å². The topological polar surface area (TPSA) is 99.2 Å². The van der Waals surface area contributed by atoms with Gasteiger partial charge in [-0.15, -0.1) is 5.10 Å². The average molecular weight is 280 g/mol. The van der Waals surface area contributed by atoms with E-state index in [2.05, 4.69) is 15.2 Å². The van der Waals surface area contributed by atoms with Crippen LogP contribution in [-0.2, 0) is 4.79 Å². The summed E-state index contributed by atoms with van der Waals surface area (Å²) in [6.45, 7) is 4.34. The summed E-state index contributed by atoms with van der Waals surface area (Å²) in [6.07, 6.45) is 3.07. The summed E-state index contributed by atoms with van der Waals surface area (Å²) in [5, 5.41) is 15.9. The molecule has 1 atom stereocenters. The number of amides is 1. The van der Waals surface area contributed by atoms with Gasteiger partial charge in [0.05, 0.1) is 0 Å². The van der Waals surface area contributed by atoms with Crippen LogP contribution in [0.3, 0.4) is 0 Å². The maximum atomic E-state index is 12.4. The van der Waals surface area contributed by atoms with Gasteiger partial charge in [0.1, 0.15) is 11.9 Å². The molecule has 0 radical (unpaired) electrons. The number of carbonyl (C=O) groups excluding carboxylic acids is 1. The van der Waals surface area contributed by atoms with Crippen LogP contribution < -0.4 is 0 Å². The zero-order valence-corrected chi connectivity index (χ0v) is 11.8. The van der Waals surface area contributed by atoms with Crippen LogP contribution in [0, 0.1) is 0 Å². The van der Waals surface area contributed by atoms with Gasteiger partial charge in [-0.3, -0.25) is 9.89 Å². The molecule has 0 aliphatic carbocycles. The molecule has 1 aromatic heterocycles. The smallest absolute Gasteiger partial charge is 0.326 e. The summed E-state index contributed by atoms with van der Waals surface area (Å²) in [5.74, 6) is -0.525. The van der Waals surface area contributed by atoms with E-state index >= 15 is 0 Å². The highest BCUT2D eigenvalue weighted by atomic mass is 16.4. The summed E-state index contributed by atoms with van der Waals surface area (Å²) < 4.78 is 0. The molecule has 110 valence electrons. The van der Waals surface area contributed by atoms with Crippen molar-refractivity contribution in [2.24, 2.45) is 0 Å². The highest BCUT2D eigenvalue weighted by Crippen LogP contribution is 2.19. The Morgan fingerprint density at radius 1 is 1.35 bits per heavy atom. The lowest BCUT2D eigenvalue weighted by molar-refractivity contribution is -0.142. The summed E-state index contributed by atoms with van der Waals surface area (Å²) >= 11 is 0. The van der Waals surface area contributed by atoms with Crippen molar-refractivity contribution in [3.05, 3.63) is 11.6 Å². The molecule has 0 spiro atoms. The first-order chi connectivity index (χ1) is 9.50. The Labute approximate surface area is 117 Å². The van der Waals surface area contributed by atoms with Crippen LogP contribution in [0.15, 0.2) is 0 Å². The van der Waals surface area contributed by atoms with E-state index < -0.39 is 17.9 Å². The number of hydrogen-bond acceptors (Lipinski definition) is 4. The molecule has 1 amide bonds. The van der Waals surface area contributed by atoms with E-state index in [0.29, 0.717) is 18.8 Å². The molecule has 1 aliphatic heterocycles. The molecule has 0 aromatic carbocycles. The third kappa shape index (κ3) is 2.97. The summed E-state index contributed by atoms with van der Waals surface area (Å²) in [7, 11) is 0. The number of aromatic nitrogens is 3. The molecule has 0 saturated carbocycles. The maximum absolute atomic E-state index is 12.4. The van der Waals surface area contributed by atoms with Crippen molar-refractivity contribution < 1.29 is 14.7 Å². The standard InChI is InChI=1S/C13H20N4O3/c1-8(2)10-14-11(16-15-10)12(18)17-7-5-3-4-6-9(17)13(19)20/h8-9H,3-7H2,1-2H3,(H,19,20)(H,14,15,16). The fraction of sp³-hybridized carbons (Fsp3) is 0.692. The van der Waals surface area contributed by atoms with Crippen LogP contribution >= 0.6 is 0 Å². The Hall–Kier alpha value is -1.92. The van der Waals surface area contributed by atoms with Gasteiger partial charge in [-0.25, -0.2) is 9.78 Å². The van der Waals surface area contributed by atoms with Gasteiger partial charge in [-0.1, -0.05) is 26.7 Å². The zero-order chi connectivity index (χ0) is 14.7. The van der Waals surface area contributed by atoms with E-state index in [1.807, 2.05) is 13.8 Å². The largest absolute Gasteiger partial charge is 0.480 e. The molecule has 20 heavy (non-hydrogen) atoms. The van der Waals surface area contributed by atoms with Crippen LogP contribution in [0.25, 0.3) is 0 Å². The number of carbonyl (C=O) groups is 2. The number of H-pyrrole nitrogens is 1. The molecular weight excluding hydrogens is 260 g/mol. The van der Waals surface area contributed by atoms with Gasteiger partial charge >= 0.3 is 5.97 Å². The molecule has 1 aromatic rings. The van der Waals surface area contributed by atoms with E-state index in [9.17, 15) is 14.7 Å².